The van der Waals surface area contributed by atoms with Gasteiger partial charge in [0.2, 0.25) is 5.91 Å². The Hall–Kier alpha value is -2.38. The van der Waals surface area contributed by atoms with Gasteiger partial charge in [0, 0.05) is 25.2 Å². The van der Waals surface area contributed by atoms with Gasteiger partial charge in [-0.1, -0.05) is 17.3 Å². The summed E-state index contributed by atoms with van der Waals surface area (Å²) < 4.78 is 10.3. The molecule has 1 aliphatic heterocycles. The van der Waals surface area contributed by atoms with Gasteiger partial charge in [0.25, 0.3) is 0 Å². The van der Waals surface area contributed by atoms with Gasteiger partial charge in [-0.05, 0) is 38.0 Å². The average molecular weight is 373 g/mol. The molecule has 2 aromatic rings. The monoisotopic (exact) mass is 373 g/mol. The van der Waals surface area contributed by atoms with Crippen molar-refractivity contribution in [3.05, 3.63) is 46.8 Å². The van der Waals surface area contributed by atoms with Crippen molar-refractivity contribution in [1.82, 2.24) is 15.4 Å². The van der Waals surface area contributed by atoms with Gasteiger partial charge in [0.05, 0.1) is 31.4 Å². The number of piperidine rings is 1. The Morgan fingerprint density at radius 1 is 1.37 bits per heavy atom. The summed E-state index contributed by atoms with van der Waals surface area (Å²) in [5.41, 5.74) is 2.87. The minimum Gasteiger partial charge on any atom is -0.497 e. The Balaban J connectivity index is 1.49. The fourth-order valence-corrected chi connectivity index (χ4v) is 3.45. The molecule has 7 nitrogen and oxygen atoms in total. The third kappa shape index (κ3) is 4.87. The van der Waals surface area contributed by atoms with E-state index in [9.17, 15) is 9.90 Å². The summed E-state index contributed by atoms with van der Waals surface area (Å²) in [4.78, 5) is 14.5. The number of aliphatic hydroxyl groups is 1. The van der Waals surface area contributed by atoms with E-state index in [1.807, 2.05) is 38.1 Å². The lowest BCUT2D eigenvalue weighted by atomic mass is 10.0. The number of rotatable bonds is 6. The van der Waals surface area contributed by atoms with Gasteiger partial charge in [-0.2, -0.15) is 0 Å². The summed E-state index contributed by atoms with van der Waals surface area (Å²) in [5, 5.41) is 17.4. The predicted octanol–water partition coefficient (Wildman–Crippen LogP) is 1.59. The molecule has 0 aliphatic carbocycles. The standard InChI is InChI=1S/C20H27N3O4/c1-13-17(14(2)27-22-13)11-23-9-8-18(19(24)12-23)21-20(25)10-15-4-6-16(26-3)7-5-15/h4-7,18-19,24H,8-12H2,1-3H3,(H,21,25)/t18-,19-/m1/s1. The van der Waals surface area contributed by atoms with Crippen LogP contribution in [0.15, 0.2) is 28.8 Å². The minimum atomic E-state index is -0.598. The summed E-state index contributed by atoms with van der Waals surface area (Å²) in [6.07, 6.45) is 0.397. The Bertz CT molecular complexity index is 753. The van der Waals surface area contributed by atoms with E-state index < -0.39 is 6.10 Å². The zero-order chi connectivity index (χ0) is 19.4. The highest BCUT2D eigenvalue weighted by atomic mass is 16.5. The second kappa shape index (κ2) is 8.54. The van der Waals surface area contributed by atoms with Crippen molar-refractivity contribution in [1.29, 1.82) is 0 Å². The quantitative estimate of drug-likeness (QED) is 0.800. The molecule has 0 saturated carbocycles. The number of ether oxygens (including phenoxy) is 1. The van der Waals surface area contributed by atoms with Crippen LogP contribution in [0.3, 0.4) is 0 Å². The first kappa shape index (κ1) is 19.4. The number of nitrogens with zero attached hydrogens (tertiary/aromatic N) is 2. The maximum atomic E-state index is 12.3. The van der Waals surface area contributed by atoms with E-state index in [-0.39, 0.29) is 18.4 Å². The number of likely N-dealkylation sites (tertiary alicyclic amines) is 1. The van der Waals surface area contributed by atoms with Crippen LogP contribution in [0.25, 0.3) is 0 Å². The van der Waals surface area contributed by atoms with Crippen LogP contribution in [-0.2, 0) is 17.8 Å². The van der Waals surface area contributed by atoms with Gasteiger partial charge in [-0.15, -0.1) is 0 Å². The summed E-state index contributed by atoms with van der Waals surface area (Å²) in [6.45, 7) is 5.84. The summed E-state index contributed by atoms with van der Waals surface area (Å²) >= 11 is 0. The van der Waals surface area contributed by atoms with E-state index in [2.05, 4.69) is 15.4 Å². The van der Waals surface area contributed by atoms with E-state index in [1.54, 1.807) is 7.11 Å². The third-order valence-corrected chi connectivity index (χ3v) is 5.10. The van der Waals surface area contributed by atoms with Gasteiger partial charge in [-0.3, -0.25) is 9.69 Å². The molecule has 2 heterocycles. The molecule has 2 atom stereocenters. The highest BCUT2D eigenvalue weighted by molar-refractivity contribution is 5.79. The van der Waals surface area contributed by atoms with Gasteiger partial charge >= 0.3 is 0 Å². The molecule has 1 fully saturated rings. The molecule has 0 spiro atoms. The molecule has 1 saturated heterocycles. The van der Waals surface area contributed by atoms with Crippen LogP contribution in [0.5, 0.6) is 5.75 Å². The van der Waals surface area contributed by atoms with Crippen LogP contribution in [0.2, 0.25) is 0 Å². The number of aromatic nitrogens is 1. The lowest BCUT2D eigenvalue weighted by molar-refractivity contribution is -0.122. The van der Waals surface area contributed by atoms with Crippen molar-refractivity contribution in [3.8, 4) is 5.75 Å². The zero-order valence-corrected chi connectivity index (χ0v) is 16.1. The van der Waals surface area contributed by atoms with Crippen LogP contribution < -0.4 is 10.1 Å². The molecular weight excluding hydrogens is 346 g/mol. The van der Waals surface area contributed by atoms with Crippen molar-refractivity contribution in [2.24, 2.45) is 0 Å². The number of aryl methyl sites for hydroxylation is 2. The van der Waals surface area contributed by atoms with Crippen molar-refractivity contribution in [2.45, 2.75) is 45.4 Å². The molecule has 0 radical (unpaired) electrons. The summed E-state index contributed by atoms with van der Waals surface area (Å²) in [5.74, 6) is 1.50. The molecule has 1 aromatic carbocycles. The molecule has 1 amide bonds. The maximum Gasteiger partial charge on any atom is 0.224 e. The van der Waals surface area contributed by atoms with Crippen LogP contribution >= 0.6 is 0 Å². The fraction of sp³-hybridized carbons (Fsp3) is 0.500. The van der Waals surface area contributed by atoms with Crippen molar-refractivity contribution < 1.29 is 19.2 Å². The smallest absolute Gasteiger partial charge is 0.224 e. The number of nitrogens with one attached hydrogen (secondary N) is 1. The highest BCUT2D eigenvalue weighted by Gasteiger charge is 2.29. The number of amides is 1. The number of benzene rings is 1. The Labute approximate surface area is 159 Å². The molecule has 0 unspecified atom stereocenters. The van der Waals surface area contributed by atoms with E-state index >= 15 is 0 Å². The summed E-state index contributed by atoms with van der Waals surface area (Å²) in [6, 6.07) is 7.20. The average Bonchev–Trinajstić information content (AvgIpc) is 2.96. The Morgan fingerprint density at radius 3 is 2.70 bits per heavy atom. The number of aliphatic hydroxyl groups excluding tert-OH is 1. The third-order valence-electron chi connectivity index (χ3n) is 5.10. The van der Waals surface area contributed by atoms with Crippen molar-refractivity contribution in [2.75, 3.05) is 20.2 Å². The molecule has 27 heavy (non-hydrogen) atoms. The number of methoxy groups -OCH3 is 1. The molecule has 2 N–H and O–H groups in total. The van der Waals surface area contributed by atoms with E-state index in [4.69, 9.17) is 9.26 Å². The molecule has 1 aliphatic rings. The number of hydrogen-bond acceptors (Lipinski definition) is 6. The summed E-state index contributed by atoms with van der Waals surface area (Å²) in [7, 11) is 1.61. The van der Waals surface area contributed by atoms with Gasteiger partial charge < -0.3 is 19.7 Å². The molecule has 3 rings (SSSR count). The van der Waals surface area contributed by atoms with Crippen LogP contribution in [0.1, 0.15) is 29.0 Å². The second-order valence-electron chi connectivity index (χ2n) is 7.09. The van der Waals surface area contributed by atoms with Crippen LogP contribution in [0, 0.1) is 13.8 Å². The minimum absolute atomic E-state index is 0.0802. The van der Waals surface area contributed by atoms with Gasteiger partial charge in [0.1, 0.15) is 11.5 Å². The molecule has 7 heteroatoms. The lowest BCUT2D eigenvalue weighted by Gasteiger charge is -2.36. The first-order chi connectivity index (χ1) is 13.0. The second-order valence-corrected chi connectivity index (χ2v) is 7.09. The predicted molar refractivity (Wildman–Crippen MR) is 101 cm³/mol. The Morgan fingerprint density at radius 2 is 2.11 bits per heavy atom. The van der Waals surface area contributed by atoms with Gasteiger partial charge in [0.15, 0.2) is 0 Å². The molecular formula is C20H27N3O4. The van der Waals surface area contributed by atoms with Crippen molar-refractivity contribution in [3.63, 3.8) is 0 Å². The van der Waals surface area contributed by atoms with Crippen molar-refractivity contribution >= 4 is 5.91 Å². The Kier molecular flexibility index (Phi) is 6.13. The number of β-amino-alcohol motifs (C(OH)–C–C–N with tert-alkyl or cyclic N) is 1. The van der Waals surface area contributed by atoms with E-state index in [1.165, 1.54) is 0 Å². The van der Waals surface area contributed by atoms with Gasteiger partial charge in [-0.25, -0.2) is 0 Å². The highest BCUT2D eigenvalue weighted by Crippen LogP contribution is 2.19. The first-order valence-electron chi connectivity index (χ1n) is 9.20. The fourth-order valence-electron chi connectivity index (χ4n) is 3.45. The lowest BCUT2D eigenvalue weighted by Crippen LogP contribution is -2.54. The largest absolute Gasteiger partial charge is 0.497 e. The SMILES string of the molecule is COc1ccc(CC(=O)N[C@@H]2CCN(Cc3c(C)noc3C)C[C@H]2O)cc1. The maximum absolute atomic E-state index is 12.3. The zero-order valence-electron chi connectivity index (χ0n) is 16.1. The molecule has 146 valence electrons. The normalized spacial score (nSPS) is 20.4. The van der Waals surface area contributed by atoms with E-state index in [0.29, 0.717) is 19.5 Å². The number of carbonyl (C=O) groups is 1. The van der Waals surface area contributed by atoms with Crippen LogP contribution in [0.4, 0.5) is 0 Å². The van der Waals surface area contributed by atoms with Crippen LogP contribution in [-0.4, -0.2) is 53.4 Å². The molecule has 1 aromatic heterocycles. The first-order valence-corrected chi connectivity index (χ1v) is 9.20. The number of hydrogen-bond donors (Lipinski definition) is 2. The molecule has 0 bridgehead atoms. The van der Waals surface area contributed by atoms with E-state index in [0.717, 1.165) is 34.9 Å². The number of carbonyl (C=O) groups excluding carboxylic acids is 1. The topological polar surface area (TPSA) is 87.8 Å².